The fraction of sp³-hybridized carbons (Fsp3) is 0.500. The van der Waals surface area contributed by atoms with Crippen molar-refractivity contribution in [1.29, 1.82) is 0 Å². The molecule has 1 aromatic carbocycles. The number of rotatable bonds is 2. The van der Waals surface area contributed by atoms with Crippen LogP contribution in [-0.2, 0) is 9.53 Å². The lowest BCUT2D eigenvalue weighted by atomic mass is 9.87. The number of esters is 1. The largest absolute Gasteiger partial charge is 0.461 e. The number of ether oxygens (including phenoxy) is 1. The van der Waals surface area contributed by atoms with Gasteiger partial charge >= 0.3 is 5.97 Å². The Morgan fingerprint density at radius 1 is 1.24 bits per heavy atom. The average molecular weight is 250 g/mol. The SMILES string of the molecule is CC(C)(C)C1OC(=O)CC1Sc1ccccc1. The summed E-state index contributed by atoms with van der Waals surface area (Å²) in [6.07, 6.45) is 0.516. The van der Waals surface area contributed by atoms with Gasteiger partial charge in [0.25, 0.3) is 0 Å². The number of benzene rings is 1. The van der Waals surface area contributed by atoms with Crippen LogP contribution in [0, 0.1) is 5.41 Å². The van der Waals surface area contributed by atoms with E-state index < -0.39 is 0 Å². The monoisotopic (exact) mass is 250 g/mol. The molecule has 2 atom stereocenters. The van der Waals surface area contributed by atoms with Gasteiger partial charge in [-0.1, -0.05) is 39.0 Å². The number of thioether (sulfide) groups is 1. The average Bonchev–Trinajstić information content (AvgIpc) is 2.60. The second-order valence-electron chi connectivity index (χ2n) is 5.45. The molecule has 1 aliphatic heterocycles. The van der Waals surface area contributed by atoms with Gasteiger partial charge in [0, 0.05) is 10.3 Å². The zero-order valence-corrected chi connectivity index (χ0v) is 11.3. The van der Waals surface area contributed by atoms with Crippen molar-refractivity contribution in [3.05, 3.63) is 30.3 Å². The lowest BCUT2D eigenvalue weighted by Gasteiger charge is -2.29. The second kappa shape index (κ2) is 4.73. The van der Waals surface area contributed by atoms with E-state index in [2.05, 4.69) is 32.9 Å². The summed E-state index contributed by atoms with van der Waals surface area (Å²) in [5.41, 5.74) is -0.00138. The number of cyclic esters (lactones) is 1. The molecule has 2 unspecified atom stereocenters. The topological polar surface area (TPSA) is 26.3 Å². The Labute approximate surface area is 107 Å². The number of hydrogen-bond acceptors (Lipinski definition) is 3. The molecule has 1 saturated heterocycles. The maximum absolute atomic E-state index is 11.5. The third-order valence-electron chi connectivity index (χ3n) is 2.85. The van der Waals surface area contributed by atoms with Crippen molar-refractivity contribution in [3.8, 4) is 0 Å². The predicted octanol–water partition coefficient (Wildman–Crippen LogP) is 3.51. The van der Waals surface area contributed by atoms with E-state index in [0.717, 1.165) is 0 Å². The Balaban J connectivity index is 2.12. The summed E-state index contributed by atoms with van der Waals surface area (Å²) < 4.78 is 5.45. The summed E-state index contributed by atoms with van der Waals surface area (Å²) in [6.45, 7) is 6.36. The minimum Gasteiger partial charge on any atom is -0.461 e. The maximum atomic E-state index is 11.5. The Bertz CT molecular complexity index is 394. The van der Waals surface area contributed by atoms with Gasteiger partial charge in [0.1, 0.15) is 6.10 Å². The van der Waals surface area contributed by atoms with Crippen molar-refractivity contribution in [2.75, 3.05) is 0 Å². The van der Waals surface area contributed by atoms with Crippen molar-refractivity contribution < 1.29 is 9.53 Å². The van der Waals surface area contributed by atoms with E-state index in [0.29, 0.717) is 6.42 Å². The molecule has 3 heteroatoms. The van der Waals surface area contributed by atoms with Crippen LogP contribution in [0.15, 0.2) is 35.2 Å². The van der Waals surface area contributed by atoms with Crippen LogP contribution in [0.25, 0.3) is 0 Å². The molecule has 0 spiro atoms. The molecule has 0 bridgehead atoms. The van der Waals surface area contributed by atoms with E-state index in [1.165, 1.54) is 4.90 Å². The molecule has 0 saturated carbocycles. The van der Waals surface area contributed by atoms with E-state index in [9.17, 15) is 4.79 Å². The van der Waals surface area contributed by atoms with Crippen LogP contribution >= 0.6 is 11.8 Å². The molecule has 17 heavy (non-hydrogen) atoms. The highest BCUT2D eigenvalue weighted by Crippen LogP contribution is 2.40. The lowest BCUT2D eigenvalue weighted by Crippen LogP contribution is -2.33. The molecule has 1 fully saturated rings. The molecule has 0 radical (unpaired) electrons. The van der Waals surface area contributed by atoms with Crippen molar-refractivity contribution in [2.24, 2.45) is 5.41 Å². The third-order valence-corrected chi connectivity index (χ3v) is 4.11. The van der Waals surface area contributed by atoms with Gasteiger partial charge in [-0.15, -0.1) is 11.8 Å². The maximum Gasteiger partial charge on any atom is 0.307 e. The molecule has 2 rings (SSSR count). The third kappa shape index (κ3) is 3.03. The first-order valence-corrected chi connectivity index (χ1v) is 6.76. The summed E-state index contributed by atoms with van der Waals surface area (Å²) in [5.74, 6) is -0.0710. The normalized spacial score (nSPS) is 24.8. The molecule has 1 aliphatic rings. The first kappa shape index (κ1) is 12.5. The van der Waals surface area contributed by atoms with E-state index in [4.69, 9.17) is 4.74 Å². The Morgan fingerprint density at radius 2 is 1.88 bits per heavy atom. The molecule has 0 aromatic heterocycles. The van der Waals surface area contributed by atoms with E-state index in [1.54, 1.807) is 11.8 Å². The van der Waals surface area contributed by atoms with Gasteiger partial charge in [-0.05, 0) is 12.1 Å². The van der Waals surface area contributed by atoms with Crippen molar-refractivity contribution in [3.63, 3.8) is 0 Å². The fourth-order valence-corrected chi connectivity index (χ4v) is 3.52. The van der Waals surface area contributed by atoms with Crippen LogP contribution in [0.4, 0.5) is 0 Å². The van der Waals surface area contributed by atoms with E-state index in [-0.39, 0.29) is 22.7 Å². The first-order valence-electron chi connectivity index (χ1n) is 5.88. The smallest absolute Gasteiger partial charge is 0.307 e. The van der Waals surface area contributed by atoms with Gasteiger partial charge in [0.15, 0.2) is 0 Å². The van der Waals surface area contributed by atoms with Gasteiger partial charge in [0.2, 0.25) is 0 Å². The van der Waals surface area contributed by atoms with Crippen LogP contribution in [0.2, 0.25) is 0 Å². The Kier molecular flexibility index (Phi) is 3.48. The number of carbonyl (C=O) groups is 1. The fourth-order valence-electron chi connectivity index (χ4n) is 2.05. The van der Waals surface area contributed by atoms with E-state index in [1.807, 2.05) is 18.2 Å². The molecule has 92 valence electrons. The standard InChI is InChI=1S/C14H18O2S/c1-14(2,3)13-11(9-12(15)16-13)17-10-7-5-4-6-8-10/h4-8,11,13H,9H2,1-3H3. The number of carbonyl (C=O) groups excluding carboxylic acids is 1. The summed E-state index contributed by atoms with van der Waals surface area (Å²) >= 11 is 1.74. The molecular formula is C14H18O2S. The Hall–Kier alpha value is -0.960. The van der Waals surface area contributed by atoms with Crippen LogP contribution in [0.5, 0.6) is 0 Å². The van der Waals surface area contributed by atoms with Crippen LogP contribution in [0.3, 0.4) is 0 Å². The van der Waals surface area contributed by atoms with Crippen LogP contribution in [0.1, 0.15) is 27.2 Å². The molecule has 1 aromatic rings. The predicted molar refractivity (Wildman–Crippen MR) is 70.0 cm³/mol. The summed E-state index contributed by atoms with van der Waals surface area (Å²) in [5, 5.41) is 0.227. The van der Waals surface area contributed by atoms with Gasteiger partial charge in [-0.25, -0.2) is 0 Å². The minimum absolute atomic E-state index is 0.000191. The summed E-state index contributed by atoms with van der Waals surface area (Å²) in [4.78, 5) is 12.7. The van der Waals surface area contributed by atoms with Crippen molar-refractivity contribution in [2.45, 2.75) is 43.4 Å². The van der Waals surface area contributed by atoms with Gasteiger partial charge in [-0.2, -0.15) is 0 Å². The lowest BCUT2D eigenvalue weighted by molar-refractivity contribution is -0.144. The highest BCUT2D eigenvalue weighted by molar-refractivity contribution is 8.00. The minimum atomic E-state index is -0.0710. The van der Waals surface area contributed by atoms with Gasteiger partial charge in [0.05, 0.1) is 11.7 Å². The highest BCUT2D eigenvalue weighted by atomic mass is 32.2. The Morgan fingerprint density at radius 3 is 2.47 bits per heavy atom. The summed E-state index contributed by atoms with van der Waals surface area (Å²) in [6, 6.07) is 10.2. The molecule has 0 amide bonds. The van der Waals surface area contributed by atoms with Gasteiger partial charge < -0.3 is 4.74 Å². The van der Waals surface area contributed by atoms with E-state index >= 15 is 0 Å². The van der Waals surface area contributed by atoms with Crippen LogP contribution < -0.4 is 0 Å². The molecule has 0 aliphatic carbocycles. The van der Waals surface area contributed by atoms with Gasteiger partial charge in [-0.3, -0.25) is 4.79 Å². The molecule has 0 N–H and O–H groups in total. The van der Waals surface area contributed by atoms with Crippen molar-refractivity contribution >= 4 is 17.7 Å². The zero-order valence-electron chi connectivity index (χ0n) is 10.5. The highest BCUT2D eigenvalue weighted by Gasteiger charge is 2.42. The van der Waals surface area contributed by atoms with Crippen molar-refractivity contribution in [1.82, 2.24) is 0 Å². The zero-order chi connectivity index (χ0) is 12.5. The molecule has 2 nitrogen and oxygen atoms in total. The molecule has 1 heterocycles. The summed E-state index contributed by atoms with van der Waals surface area (Å²) in [7, 11) is 0. The quantitative estimate of drug-likeness (QED) is 0.751. The number of hydrogen-bond donors (Lipinski definition) is 0. The first-order chi connectivity index (χ1) is 7.97. The second-order valence-corrected chi connectivity index (χ2v) is 6.76. The molecular weight excluding hydrogens is 232 g/mol. The van der Waals surface area contributed by atoms with Crippen LogP contribution in [-0.4, -0.2) is 17.3 Å².